The third-order valence-electron chi connectivity index (χ3n) is 6.78. The van der Waals surface area contributed by atoms with E-state index in [1.165, 1.54) is 11.1 Å². The molecule has 0 radical (unpaired) electrons. The van der Waals surface area contributed by atoms with Crippen molar-refractivity contribution in [2.24, 2.45) is 5.92 Å². The second-order valence-electron chi connectivity index (χ2n) is 9.35. The summed E-state index contributed by atoms with van der Waals surface area (Å²) in [5.74, 6) is 0.931. The lowest BCUT2D eigenvalue weighted by molar-refractivity contribution is -0.125. The number of piperidine rings is 1. The van der Waals surface area contributed by atoms with Gasteiger partial charge in [0.15, 0.2) is 5.82 Å². The lowest BCUT2D eigenvalue weighted by Crippen LogP contribution is -2.44. The van der Waals surface area contributed by atoms with Crippen LogP contribution in [0.5, 0.6) is 0 Å². The monoisotopic (exact) mass is 453 g/mol. The van der Waals surface area contributed by atoms with Gasteiger partial charge in [-0.2, -0.15) is 5.10 Å². The van der Waals surface area contributed by atoms with Crippen molar-refractivity contribution in [2.45, 2.75) is 39.7 Å². The van der Waals surface area contributed by atoms with E-state index < -0.39 is 0 Å². The van der Waals surface area contributed by atoms with Crippen LogP contribution in [-0.4, -0.2) is 33.6 Å². The number of hydrogen-bond donors (Lipinski definition) is 1. The number of aromatic nitrogens is 3. The molecule has 1 aliphatic heterocycles. The summed E-state index contributed by atoms with van der Waals surface area (Å²) in [6, 6.07) is 18.6. The van der Waals surface area contributed by atoms with Gasteiger partial charge in [0.05, 0.1) is 17.7 Å². The number of benzene rings is 2. The van der Waals surface area contributed by atoms with E-state index in [-0.39, 0.29) is 17.9 Å². The Kier molecular flexibility index (Phi) is 6.05. The van der Waals surface area contributed by atoms with Gasteiger partial charge < -0.3 is 10.2 Å². The lowest BCUT2D eigenvalue weighted by Gasteiger charge is -2.33. The number of hydrogen-bond acceptors (Lipinski definition) is 4. The third kappa shape index (κ3) is 4.40. The molecule has 2 aromatic heterocycles. The van der Waals surface area contributed by atoms with Crippen LogP contribution in [0.2, 0.25) is 0 Å². The molecule has 1 aliphatic rings. The molecule has 2 atom stereocenters. The topological polar surface area (TPSA) is 62.5 Å². The van der Waals surface area contributed by atoms with Gasteiger partial charge in [-0.3, -0.25) is 4.79 Å². The summed E-state index contributed by atoms with van der Waals surface area (Å²) < 4.78 is 1.90. The summed E-state index contributed by atoms with van der Waals surface area (Å²) in [7, 11) is 0. The Morgan fingerprint density at radius 3 is 2.74 bits per heavy atom. The Hall–Kier alpha value is -3.67. The molecule has 3 heterocycles. The van der Waals surface area contributed by atoms with E-state index in [1.807, 2.05) is 35.8 Å². The quantitative estimate of drug-likeness (QED) is 0.456. The number of anilines is 1. The van der Waals surface area contributed by atoms with Crippen LogP contribution in [0.25, 0.3) is 16.8 Å². The number of carbonyl (C=O) groups excluding carboxylic acids is 1. The van der Waals surface area contributed by atoms with Gasteiger partial charge in [0.25, 0.3) is 0 Å². The zero-order valence-corrected chi connectivity index (χ0v) is 20.0. The van der Waals surface area contributed by atoms with Gasteiger partial charge in [0, 0.05) is 31.0 Å². The third-order valence-corrected chi connectivity index (χ3v) is 6.78. The van der Waals surface area contributed by atoms with Crippen LogP contribution in [0.4, 0.5) is 5.82 Å². The van der Waals surface area contributed by atoms with Crippen molar-refractivity contribution in [1.29, 1.82) is 0 Å². The maximum atomic E-state index is 13.1. The normalized spacial score (nSPS) is 17.0. The highest BCUT2D eigenvalue weighted by molar-refractivity contribution is 5.81. The standard InChI is InChI=1S/C28H31N5O/c1-19-11-12-24(20(2)16-19)25-17-26-27(29-13-15-33(26)31-25)32-14-7-10-23(18-32)28(34)30-21(3)22-8-5-4-6-9-22/h4-6,8-9,11-13,15-17,21,23H,7,10,14,18H2,1-3H3,(H,30,34)/t21-,23+/m0/s1. The van der Waals surface area contributed by atoms with Gasteiger partial charge in [-0.1, -0.05) is 54.1 Å². The summed E-state index contributed by atoms with van der Waals surface area (Å²) in [6.45, 7) is 7.80. The van der Waals surface area contributed by atoms with Gasteiger partial charge in [-0.25, -0.2) is 9.50 Å². The molecule has 6 heteroatoms. The van der Waals surface area contributed by atoms with Crippen LogP contribution in [0.1, 0.15) is 42.5 Å². The number of fused-ring (bicyclic) bond motifs is 1. The minimum Gasteiger partial charge on any atom is -0.354 e. The number of nitrogens with one attached hydrogen (secondary N) is 1. The zero-order valence-electron chi connectivity index (χ0n) is 20.0. The van der Waals surface area contributed by atoms with E-state index in [2.05, 4.69) is 60.5 Å². The van der Waals surface area contributed by atoms with Crippen molar-refractivity contribution in [2.75, 3.05) is 18.0 Å². The van der Waals surface area contributed by atoms with Crippen LogP contribution < -0.4 is 10.2 Å². The lowest BCUT2D eigenvalue weighted by atomic mass is 9.96. The first kappa shape index (κ1) is 22.1. The SMILES string of the molecule is Cc1ccc(-c2cc3c(N4CCC[C@@H](C(=O)N[C@@H](C)c5ccccc5)C4)nccn3n2)c(C)c1. The molecule has 174 valence electrons. The average Bonchev–Trinajstić information content (AvgIpc) is 3.28. The minimum absolute atomic E-state index is 0.0132. The molecule has 1 fully saturated rings. The highest BCUT2D eigenvalue weighted by Crippen LogP contribution is 2.30. The van der Waals surface area contributed by atoms with Crippen molar-refractivity contribution in [3.8, 4) is 11.3 Å². The smallest absolute Gasteiger partial charge is 0.225 e. The Morgan fingerprint density at radius 1 is 1.12 bits per heavy atom. The van der Waals surface area contributed by atoms with Crippen molar-refractivity contribution in [3.63, 3.8) is 0 Å². The van der Waals surface area contributed by atoms with Crippen LogP contribution in [0.3, 0.4) is 0 Å². The Labute approximate surface area is 200 Å². The average molecular weight is 454 g/mol. The maximum Gasteiger partial charge on any atom is 0.225 e. The Balaban J connectivity index is 1.37. The molecule has 5 rings (SSSR count). The van der Waals surface area contributed by atoms with Gasteiger partial charge in [-0.05, 0) is 50.8 Å². The van der Waals surface area contributed by atoms with Crippen molar-refractivity contribution in [1.82, 2.24) is 19.9 Å². The molecule has 4 aromatic rings. The molecule has 2 aromatic carbocycles. The fraction of sp³-hybridized carbons (Fsp3) is 0.321. The highest BCUT2D eigenvalue weighted by Gasteiger charge is 2.28. The van der Waals surface area contributed by atoms with E-state index in [0.29, 0.717) is 6.54 Å². The first-order chi connectivity index (χ1) is 16.5. The second-order valence-corrected chi connectivity index (χ2v) is 9.35. The van der Waals surface area contributed by atoms with E-state index in [9.17, 15) is 4.79 Å². The van der Waals surface area contributed by atoms with E-state index in [1.54, 1.807) is 6.20 Å². The molecular formula is C28H31N5O. The summed E-state index contributed by atoms with van der Waals surface area (Å²) in [6.07, 6.45) is 5.53. The van der Waals surface area contributed by atoms with Crippen LogP contribution >= 0.6 is 0 Å². The van der Waals surface area contributed by atoms with Crippen molar-refractivity contribution >= 4 is 17.2 Å². The first-order valence-corrected chi connectivity index (χ1v) is 12.0. The summed E-state index contributed by atoms with van der Waals surface area (Å²) >= 11 is 0. The van der Waals surface area contributed by atoms with E-state index in [0.717, 1.165) is 47.5 Å². The largest absolute Gasteiger partial charge is 0.354 e. The number of rotatable bonds is 5. The summed E-state index contributed by atoms with van der Waals surface area (Å²) in [5, 5.41) is 8.03. The van der Waals surface area contributed by atoms with Crippen molar-refractivity contribution < 1.29 is 4.79 Å². The second kappa shape index (κ2) is 9.29. The fourth-order valence-corrected chi connectivity index (χ4v) is 4.92. The Bertz CT molecular complexity index is 1310. The van der Waals surface area contributed by atoms with Gasteiger partial charge in [0.2, 0.25) is 5.91 Å². The molecule has 0 unspecified atom stereocenters. The van der Waals surface area contributed by atoms with Gasteiger partial charge >= 0.3 is 0 Å². The molecule has 1 N–H and O–H groups in total. The number of amides is 1. The molecule has 0 spiro atoms. The molecule has 0 aliphatic carbocycles. The van der Waals surface area contributed by atoms with Crippen LogP contribution in [0, 0.1) is 19.8 Å². The molecule has 34 heavy (non-hydrogen) atoms. The van der Waals surface area contributed by atoms with Crippen LogP contribution in [-0.2, 0) is 4.79 Å². The maximum absolute atomic E-state index is 13.1. The molecule has 1 saturated heterocycles. The van der Waals surface area contributed by atoms with Crippen LogP contribution in [0.15, 0.2) is 67.0 Å². The highest BCUT2D eigenvalue weighted by atomic mass is 16.2. The zero-order chi connectivity index (χ0) is 23.7. The molecule has 6 nitrogen and oxygen atoms in total. The predicted octanol–water partition coefficient (Wildman–Crippen LogP) is 5.11. The summed E-state index contributed by atoms with van der Waals surface area (Å²) in [5.41, 5.74) is 6.61. The van der Waals surface area contributed by atoms with E-state index >= 15 is 0 Å². The fourth-order valence-electron chi connectivity index (χ4n) is 4.92. The number of nitrogens with zero attached hydrogens (tertiary/aromatic N) is 4. The minimum atomic E-state index is -0.0660. The first-order valence-electron chi connectivity index (χ1n) is 12.0. The molecular weight excluding hydrogens is 422 g/mol. The van der Waals surface area contributed by atoms with Crippen molar-refractivity contribution in [3.05, 3.63) is 83.7 Å². The summed E-state index contributed by atoms with van der Waals surface area (Å²) in [4.78, 5) is 20.1. The Morgan fingerprint density at radius 2 is 1.94 bits per heavy atom. The molecule has 0 bridgehead atoms. The van der Waals surface area contributed by atoms with Gasteiger partial charge in [-0.15, -0.1) is 0 Å². The van der Waals surface area contributed by atoms with E-state index in [4.69, 9.17) is 10.1 Å². The number of carbonyl (C=O) groups is 1. The van der Waals surface area contributed by atoms with Gasteiger partial charge in [0.1, 0.15) is 5.52 Å². The molecule has 0 saturated carbocycles. The number of aryl methyl sites for hydroxylation is 2. The molecule has 1 amide bonds. The predicted molar refractivity (Wildman–Crippen MR) is 136 cm³/mol.